The van der Waals surface area contributed by atoms with E-state index in [-0.39, 0.29) is 11.3 Å². The Morgan fingerprint density at radius 3 is 2.12 bits per heavy atom. The van der Waals surface area contributed by atoms with Gasteiger partial charge in [-0.15, -0.1) is 11.8 Å². The summed E-state index contributed by atoms with van der Waals surface area (Å²) in [6.07, 6.45) is 6.81. The standard InChI is InChI=1S/C25H37F3.C2H6.CH4O/c1-4-5-17-10-13-24(3)19(16-17)6-8-20-21-9-7-18(11-15-25(26,27)28)23(21,2)14-12-22(20)24;2*1-2/h17-22H,6-16H2,1-3H3;1-2H3;2H,1H3/t17-,18?,19?,20?,21?,22?,23?,24?;;/m0../s1. The average molecular weight is 457 g/mol. The van der Waals surface area contributed by atoms with Crippen LogP contribution in [0.4, 0.5) is 13.2 Å². The van der Waals surface area contributed by atoms with Crippen LogP contribution in [0.5, 0.6) is 0 Å². The highest BCUT2D eigenvalue weighted by Crippen LogP contribution is 2.68. The summed E-state index contributed by atoms with van der Waals surface area (Å²) in [6.45, 7) is 10.9. The number of halogens is 3. The number of alkyl halides is 3. The van der Waals surface area contributed by atoms with Crippen LogP contribution in [0.25, 0.3) is 0 Å². The Bertz CT molecular complexity index is 647. The minimum absolute atomic E-state index is 0.153. The van der Waals surface area contributed by atoms with Gasteiger partial charge in [0.25, 0.3) is 0 Å². The summed E-state index contributed by atoms with van der Waals surface area (Å²) in [4.78, 5) is 0. The Balaban J connectivity index is 0.000000860. The van der Waals surface area contributed by atoms with Crippen molar-refractivity contribution in [1.82, 2.24) is 0 Å². The highest BCUT2D eigenvalue weighted by Gasteiger charge is 2.60. The van der Waals surface area contributed by atoms with E-state index in [9.17, 15) is 13.2 Å². The third kappa shape index (κ3) is 5.34. The molecule has 0 amide bonds. The zero-order valence-electron chi connectivity index (χ0n) is 21.3. The van der Waals surface area contributed by atoms with Crippen molar-refractivity contribution in [1.29, 1.82) is 0 Å². The summed E-state index contributed by atoms with van der Waals surface area (Å²) in [5.41, 5.74) is 0.598. The molecule has 186 valence electrons. The lowest BCUT2D eigenvalue weighted by atomic mass is 9.44. The van der Waals surface area contributed by atoms with E-state index in [1.165, 1.54) is 44.9 Å². The van der Waals surface area contributed by atoms with E-state index in [2.05, 4.69) is 25.7 Å². The SMILES string of the molecule is CC.CC#C[C@H]1CCC2(C)C(CCC3C4CCC(CCC(F)(F)F)C4(C)CCC32)C1.CO. The monoisotopic (exact) mass is 456 g/mol. The molecule has 4 aliphatic carbocycles. The lowest BCUT2D eigenvalue weighted by Crippen LogP contribution is -2.53. The largest absolute Gasteiger partial charge is 0.400 e. The normalized spacial score (nSPS) is 42.4. The van der Waals surface area contributed by atoms with Gasteiger partial charge in [-0.3, -0.25) is 0 Å². The predicted octanol–water partition coefficient (Wildman–Crippen LogP) is 8.26. The second-order valence-electron chi connectivity index (χ2n) is 11.0. The summed E-state index contributed by atoms with van der Waals surface area (Å²) in [5, 5.41) is 7.00. The molecule has 0 aromatic heterocycles. The maximum absolute atomic E-state index is 12.8. The van der Waals surface area contributed by atoms with Crippen molar-refractivity contribution in [2.24, 2.45) is 46.3 Å². The van der Waals surface area contributed by atoms with Crippen LogP contribution in [0.1, 0.15) is 105 Å². The van der Waals surface area contributed by atoms with Gasteiger partial charge in [0, 0.05) is 19.4 Å². The molecule has 0 bridgehead atoms. The van der Waals surface area contributed by atoms with E-state index >= 15 is 0 Å². The van der Waals surface area contributed by atoms with Crippen LogP contribution in [0.2, 0.25) is 0 Å². The zero-order valence-corrected chi connectivity index (χ0v) is 21.3. The van der Waals surface area contributed by atoms with Crippen molar-refractivity contribution >= 4 is 0 Å². The van der Waals surface area contributed by atoms with Crippen molar-refractivity contribution in [3.63, 3.8) is 0 Å². The Morgan fingerprint density at radius 2 is 1.50 bits per heavy atom. The number of rotatable bonds is 2. The molecule has 0 radical (unpaired) electrons. The molecular weight excluding hydrogens is 409 g/mol. The second-order valence-corrected chi connectivity index (χ2v) is 11.0. The van der Waals surface area contributed by atoms with Crippen LogP contribution in [-0.4, -0.2) is 18.4 Å². The molecule has 0 saturated heterocycles. The lowest BCUT2D eigenvalue weighted by molar-refractivity contribution is -0.144. The minimum Gasteiger partial charge on any atom is -0.400 e. The minimum atomic E-state index is -4.00. The molecule has 1 nitrogen and oxygen atoms in total. The Labute approximate surface area is 195 Å². The van der Waals surface area contributed by atoms with E-state index in [0.29, 0.717) is 23.7 Å². The first-order valence-corrected chi connectivity index (χ1v) is 13.1. The number of fused-ring (bicyclic) bond motifs is 5. The van der Waals surface area contributed by atoms with Crippen LogP contribution in [-0.2, 0) is 0 Å². The maximum atomic E-state index is 12.8. The maximum Gasteiger partial charge on any atom is 0.389 e. The van der Waals surface area contributed by atoms with Gasteiger partial charge in [-0.1, -0.05) is 27.7 Å². The molecule has 4 heteroatoms. The van der Waals surface area contributed by atoms with Gasteiger partial charge in [0.2, 0.25) is 0 Å². The first-order valence-electron chi connectivity index (χ1n) is 13.1. The van der Waals surface area contributed by atoms with Crippen molar-refractivity contribution in [2.75, 3.05) is 7.11 Å². The van der Waals surface area contributed by atoms with E-state index < -0.39 is 12.6 Å². The van der Waals surface area contributed by atoms with Crippen LogP contribution in [0.15, 0.2) is 0 Å². The van der Waals surface area contributed by atoms with E-state index in [1.54, 1.807) is 0 Å². The topological polar surface area (TPSA) is 20.2 Å². The van der Waals surface area contributed by atoms with Crippen LogP contribution in [0, 0.1) is 58.2 Å². The number of hydrogen-bond acceptors (Lipinski definition) is 1. The third-order valence-corrected chi connectivity index (χ3v) is 9.99. The fourth-order valence-electron chi connectivity index (χ4n) is 8.51. The fourth-order valence-corrected chi connectivity index (χ4v) is 8.51. The molecule has 8 atom stereocenters. The zero-order chi connectivity index (χ0) is 24.2. The van der Waals surface area contributed by atoms with Crippen molar-refractivity contribution < 1.29 is 18.3 Å². The number of aliphatic hydroxyl groups is 1. The summed E-state index contributed by atoms with van der Waals surface area (Å²) in [7, 11) is 1.00. The molecule has 4 fully saturated rings. The van der Waals surface area contributed by atoms with Crippen molar-refractivity contribution in [2.45, 2.75) is 111 Å². The van der Waals surface area contributed by atoms with Gasteiger partial charge in [-0.05, 0) is 112 Å². The van der Waals surface area contributed by atoms with Gasteiger partial charge >= 0.3 is 6.18 Å². The lowest BCUT2D eigenvalue weighted by Gasteiger charge is -2.61. The molecule has 1 N–H and O–H groups in total. The molecular formula is C28H47F3O. The van der Waals surface area contributed by atoms with Gasteiger partial charge in [0.05, 0.1) is 0 Å². The highest BCUT2D eigenvalue weighted by atomic mass is 19.4. The molecule has 4 aliphatic rings. The fraction of sp³-hybridized carbons (Fsp3) is 0.929. The molecule has 4 saturated carbocycles. The van der Waals surface area contributed by atoms with E-state index in [4.69, 9.17) is 5.11 Å². The number of hydrogen-bond donors (Lipinski definition) is 1. The van der Waals surface area contributed by atoms with Gasteiger partial charge in [0.15, 0.2) is 0 Å². The quantitative estimate of drug-likeness (QED) is 0.415. The molecule has 32 heavy (non-hydrogen) atoms. The van der Waals surface area contributed by atoms with Crippen molar-refractivity contribution in [3.05, 3.63) is 0 Å². The van der Waals surface area contributed by atoms with Gasteiger partial charge < -0.3 is 5.11 Å². The molecule has 0 aromatic rings. The Morgan fingerprint density at radius 1 is 0.875 bits per heavy atom. The molecule has 0 spiro atoms. The molecule has 0 aliphatic heterocycles. The van der Waals surface area contributed by atoms with E-state index in [0.717, 1.165) is 37.7 Å². The summed E-state index contributed by atoms with van der Waals surface area (Å²) >= 11 is 0. The summed E-state index contributed by atoms with van der Waals surface area (Å²) < 4.78 is 38.5. The first-order chi connectivity index (χ1) is 15.2. The number of aliphatic hydroxyl groups excluding tert-OH is 1. The van der Waals surface area contributed by atoms with Gasteiger partial charge in [-0.2, -0.15) is 13.2 Å². The van der Waals surface area contributed by atoms with Crippen molar-refractivity contribution in [3.8, 4) is 11.8 Å². The first kappa shape index (κ1) is 27.6. The predicted molar refractivity (Wildman–Crippen MR) is 127 cm³/mol. The van der Waals surface area contributed by atoms with Gasteiger partial charge in [0.1, 0.15) is 0 Å². The highest BCUT2D eigenvalue weighted by molar-refractivity contribution is 5.12. The molecule has 4 rings (SSSR count). The van der Waals surface area contributed by atoms with E-state index in [1.807, 2.05) is 20.8 Å². The van der Waals surface area contributed by atoms with Crippen LogP contribution in [0.3, 0.4) is 0 Å². The molecule has 7 unspecified atom stereocenters. The Hall–Kier alpha value is -0.690. The summed E-state index contributed by atoms with van der Waals surface area (Å²) in [6, 6.07) is 0. The second kappa shape index (κ2) is 11.2. The molecule has 0 aromatic carbocycles. The summed E-state index contributed by atoms with van der Waals surface area (Å²) in [5.74, 6) is 10.5. The smallest absolute Gasteiger partial charge is 0.389 e. The van der Waals surface area contributed by atoms with Gasteiger partial charge in [-0.25, -0.2) is 0 Å². The Kier molecular flexibility index (Phi) is 9.61. The molecule has 0 heterocycles. The van der Waals surface area contributed by atoms with Crippen LogP contribution >= 0.6 is 0 Å². The van der Waals surface area contributed by atoms with Crippen LogP contribution < -0.4 is 0 Å². The average Bonchev–Trinajstić information content (AvgIpc) is 3.11. The third-order valence-electron chi connectivity index (χ3n) is 9.99.